The van der Waals surface area contributed by atoms with Crippen molar-refractivity contribution in [3.8, 4) is 0 Å². The van der Waals surface area contributed by atoms with Crippen molar-refractivity contribution in [2.75, 3.05) is 19.8 Å². The van der Waals surface area contributed by atoms with E-state index in [2.05, 4.69) is 10.1 Å². The van der Waals surface area contributed by atoms with Crippen LogP contribution in [0.2, 0.25) is 0 Å². The fourth-order valence-electron chi connectivity index (χ4n) is 1.66. The number of ether oxygens (including phenoxy) is 1. The molecule has 1 unspecified atom stereocenters. The molecule has 0 saturated heterocycles. The monoisotopic (exact) mass is 297 g/mol. The summed E-state index contributed by atoms with van der Waals surface area (Å²) in [6.07, 6.45) is -3.75. The van der Waals surface area contributed by atoms with E-state index in [4.69, 9.17) is 0 Å². The quantitative estimate of drug-likeness (QED) is 0.777. The molecule has 0 aliphatic heterocycles. The summed E-state index contributed by atoms with van der Waals surface area (Å²) in [4.78, 5) is 0. The van der Waals surface area contributed by atoms with E-state index in [-0.39, 0.29) is 12.2 Å². The third-order valence-electron chi connectivity index (χ3n) is 2.55. The lowest BCUT2D eigenvalue weighted by Crippen LogP contribution is -2.29. The van der Waals surface area contributed by atoms with Crippen molar-refractivity contribution in [3.63, 3.8) is 0 Å². The summed E-state index contributed by atoms with van der Waals surface area (Å²) < 4.78 is 67.4. The molecule has 1 aromatic rings. The average molecular weight is 297 g/mol. The molecular weight excluding hydrogens is 281 g/mol. The number of halogens is 5. The van der Waals surface area contributed by atoms with Crippen molar-refractivity contribution >= 4 is 0 Å². The van der Waals surface area contributed by atoms with E-state index in [1.807, 2.05) is 6.92 Å². The van der Waals surface area contributed by atoms with Gasteiger partial charge in [-0.1, -0.05) is 19.1 Å². The lowest BCUT2D eigenvalue weighted by molar-refractivity contribution is -0.175. The highest BCUT2D eigenvalue weighted by atomic mass is 19.4. The highest BCUT2D eigenvalue weighted by Gasteiger charge is 2.28. The highest BCUT2D eigenvalue weighted by molar-refractivity contribution is 5.22. The van der Waals surface area contributed by atoms with Gasteiger partial charge in [0.1, 0.15) is 6.61 Å². The molecule has 0 heterocycles. The maximum absolute atomic E-state index is 13.6. The third kappa shape index (κ3) is 5.42. The molecule has 1 aromatic carbocycles. The number of nitrogens with one attached hydrogen (secondary N) is 1. The zero-order valence-corrected chi connectivity index (χ0v) is 10.9. The third-order valence-corrected chi connectivity index (χ3v) is 2.55. The van der Waals surface area contributed by atoms with Crippen LogP contribution in [0.3, 0.4) is 0 Å². The molecule has 7 heteroatoms. The molecule has 0 aliphatic carbocycles. The predicted molar refractivity (Wildman–Crippen MR) is 64.3 cm³/mol. The van der Waals surface area contributed by atoms with E-state index in [0.29, 0.717) is 13.0 Å². The highest BCUT2D eigenvalue weighted by Crippen LogP contribution is 2.21. The number of alkyl halides is 3. The fourth-order valence-corrected chi connectivity index (χ4v) is 1.66. The Balaban J connectivity index is 2.75. The molecular formula is C13H16F5NO. The van der Waals surface area contributed by atoms with Gasteiger partial charge < -0.3 is 10.1 Å². The summed E-state index contributed by atoms with van der Waals surface area (Å²) in [5, 5.41) is 2.84. The van der Waals surface area contributed by atoms with Gasteiger partial charge in [-0.3, -0.25) is 0 Å². The van der Waals surface area contributed by atoms with Crippen LogP contribution < -0.4 is 5.32 Å². The number of hydrogen-bond acceptors (Lipinski definition) is 2. The number of rotatable bonds is 7. The Morgan fingerprint density at radius 3 is 2.55 bits per heavy atom. The van der Waals surface area contributed by atoms with Crippen molar-refractivity contribution in [1.29, 1.82) is 0 Å². The molecule has 0 spiro atoms. The van der Waals surface area contributed by atoms with E-state index in [1.165, 1.54) is 12.1 Å². The summed E-state index contributed by atoms with van der Waals surface area (Å²) in [5.41, 5.74) is -0.0411. The lowest BCUT2D eigenvalue weighted by Gasteiger charge is -2.20. The van der Waals surface area contributed by atoms with Crippen LogP contribution in [0.15, 0.2) is 18.2 Å². The Kier molecular flexibility index (Phi) is 6.35. The minimum absolute atomic E-state index is 0.0411. The van der Waals surface area contributed by atoms with Crippen molar-refractivity contribution in [2.45, 2.75) is 25.6 Å². The minimum Gasteiger partial charge on any atom is -0.370 e. The second-order valence-electron chi connectivity index (χ2n) is 4.28. The van der Waals surface area contributed by atoms with Crippen LogP contribution in [0.25, 0.3) is 0 Å². The summed E-state index contributed by atoms with van der Waals surface area (Å²) in [7, 11) is 0. The Morgan fingerprint density at radius 2 is 1.95 bits per heavy atom. The summed E-state index contributed by atoms with van der Waals surface area (Å²) in [5.74, 6) is -2.11. The molecule has 1 rings (SSSR count). The van der Waals surface area contributed by atoms with E-state index in [0.717, 1.165) is 6.07 Å². The first-order chi connectivity index (χ1) is 9.35. The van der Waals surface area contributed by atoms with Gasteiger partial charge in [-0.05, 0) is 19.0 Å². The van der Waals surface area contributed by atoms with Gasteiger partial charge in [-0.15, -0.1) is 0 Å². The Labute approximate surface area is 113 Å². The molecule has 0 saturated carbocycles. The predicted octanol–water partition coefficient (Wildman–Crippen LogP) is 3.58. The Morgan fingerprint density at radius 1 is 1.25 bits per heavy atom. The van der Waals surface area contributed by atoms with Crippen LogP contribution in [-0.4, -0.2) is 25.9 Å². The molecule has 0 aromatic heterocycles. The van der Waals surface area contributed by atoms with Crippen LogP contribution >= 0.6 is 0 Å². The molecule has 1 atom stereocenters. The SMILES string of the molecule is CCCNC(COCC(F)(F)F)c1cccc(F)c1F. The molecule has 0 radical (unpaired) electrons. The van der Waals surface area contributed by atoms with Crippen LogP contribution in [0.1, 0.15) is 24.9 Å². The normalized spacial score (nSPS) is 13.5. The number of hydrogen-bond donors (Lipinski definition) is 1. The van der Waals surface area contributed by atoms with Crippen molar-refractivity contribution in [2.24, 2.45) is 0 Å². The Bertz CT molecular complexity index is 422. The van der Waals surface area contributed by atoms with Gasteiger partial charge in [-0.25, -0.2) is 8.78 Å². The first-order valence-electron chi connectivity index (χ1n) is 6.17. The number of benzene rings is 1. The van der Waals surface area contributed by atoms with Gasteiger partial charge in [0, 0.05) is 5.56 Å². The molecule has 20 heavy (non-hydrogen) atoms. The van der Waals surface area contributed by atoms with Crippen LogP contribution in [0.5, 0.6) is 0 Å². The van der Waals surface area contributed by atoms with E-state index in [9.17, 15) is 22.0 Å². The summed E-state index contributed by atoms with van der Waals surface area (Å²) in [6.45, 7) is 0.493. The van der Waals surface area contributed by atoms with Gasteiger partial charge in [0.25, 0.3) is 0 Å². The van der Waals surface area contributed by atoms with Gasteiger partial charge in [0.05, 0.1) is 12.6 Å². The first kappa shape index (κ1) is 16.8. The average Bonchev–Trinajstić information content (AvgIpc) is 2.36. The Hall–Kier alpha value is -1.21. The second-order valence-corrected chi connectivity index (χ2v) is 4.28. The van der Waals surface area contributed by atoms with Crippen molar-refractivity contribution < 1.29 is 26.7 Å². The maximum atomic E-state index is 13.6. The standard InChI is InChI=1S/C13H16F5NO/c1-2-6-19-11(7-20-8-13(16,17)18)9-4-3-5-10(14)12(9)15/h3-5,11,19H,2,6-8H2,1H3. The maximum Gasteiger partial charge on any atom is 0.411 e. The van der Waals surface area contributed by atoms with Crippen LogP contribution in [0.4, 0.5) is 22.0 Å². The molecule has 0 amide bonds. The molecule has 0 fully saturated rings. The molecule has 0 bridgehead atoms. The molecule has 2 nitrogen and oxygen atoms in total. The fraction of sp³-hybridized carbons (Fsp3) is 0.538. The minimum atomic E-state index is -4.45. The molecule has 0 aliphatic rings. The van der Waals surface area contributed by atoms with Gasteiger partial charge in [0.15, 0.2) is 11.6 Å². The van der Waals surface area contributed by atoms with Crippen LogP contribution in [-0.2, 0) is 4.74 Å². The summed E-state index contributed by atoms with van der Waals surface area (Å²) >= 11 is 0. The van der Waals surface area contributed by atoms with E-state index < -0.39 is 30.5 Å². The smallest absolute Gasteiger partial charge is 0.370 e. The van der Waals surface area contributed by atoms with Crippen LogP contribution in [0, 0.1) is 11.6 Å². The van der Waals surface area contributed by atoms with E-state index in [1.54, 1.807) is 0 Å². The van der Waals surface area contributed by atoms with Gasteiger partial charge in [0.2, 0.25) is 0 Å². The van der Waals surface area contributed by atoms with E-state index >= 15 is 0 Å². The summed E-state index contributed by atoms with van der Waals surface area (Å²) in [6, 6.07) is 2.75. The van der Waals surface area contributed by atoms with Crippen molar-refractivity contribution in [3.05, 3.63) is 35.4 Å². The molecule has 1 N–H and O–H groups in total. The van der Waals surface area contributed by atoms with Gasteiger partial charge >= 0.3 is 6.18 Å². The van der Waals surface area contributed by atoms with Gasteiger partial charge in [-0.2, -0.15) is 13.2 Å². The second kappa shape index (κ2) is 7.54. The zero-order chi connectivity index (χ0) is 15.2. The largest absolute Gasteiger partial charge is 0.411 e. The zero-order valence-electron chi connectivity index (χ0n) is 10.9. The van der Waals surface area contributed by atoms with Crippen molar-refractivity contribution in [1.82, 2.24) is 5.32 Å². The topological polar surface area (TPSA) is 21.3 Å². The first-order valence-corrected chi connectivity index (χ1v) is 6.17. The molecule has 114 valence electrons. The lowest BCUT2D eigenvalue weighted by atomic mass is 10.1.